The fourth-order valence-electron chi connectivity index (χ4n) is 3.61. The number of amides is 1. The largest absolute Gasteiger partial charge is 0.490 e. The fraction of sp³-hybridized carbons (Fsp3) is 0.500. The van der Waals surface area contributed by atoms with E-state index in [-0.39, 0.29) is 16.8 Å². The molecule has 2 aliphatic heterocycles. The molecule has 0 bridgehead atoms. The van der Waals surface area contributed by atoms with E-state index in [2.05, 4.69) is 10.1 Å². The minimum absolute atomic E-state index is 0.0153. The molecule has 4 heterocycles. The number of alkyl halides is 3. The van der Waals surface area contributed by atoms with E-state index < -0.39 is 12.1 Å². The summed E-state index contributed by atoms with van der Waals surface area (Å²) in [6.07, 6.45) is 1.83. The van der Waals surface area contributed by atoms with Crippen LogP contribution < -0.4 is 4.74 Å². The van der Waals surface area contributed by atoms with Crippen LogP contribution in [0.15, 0.2) is 35.1 Å². The number of ether oxygens (including phenoxy) is 1. The van der Waals surface area contributed by atoms with Crippen molar-refractivity contribution in [2.45, 2.75) is 42.2 Å². The molecule has 2 aromatic rings. The van der Waals surface area contributed by atoms with Crippen molar-refractivity contribution < 1.29 is 37.1 Å². The van der Waals surface area contributed by atoms with Crippen molar-refractivity contribution in [3.05, 3.63) is 42.0 Å². The van der Waals surface area contributed by atoms with Gasteiger partial charge in [0.25, 0.3) is 5.91 Å². The predicted octanol–water partition coefficient (Wildman–Crippen LogP) is 3.36. The zero-order chi connectivity index (χ0) is 22.9. The maximum atomic E-state index is 12.6. The van der Waals surface area contributed by atoms with Gasteiger partial charge in [0.05, 0.1) is 10.9 Å². The van der Waals surface area contributed by atoms with Gasteiger partial charge in [-0.3, -0.25) is 9.78 Å². The number of carboxylic acids is 1. The number of carbonyl (C=O) groups is 2. The number of hydrogen-bond acceptors (Lipinski definition) is 7. The van der Waals surface area contributed by atoms with Gasteiger partial charge in [0, 0.05) is 43.4 Å². The molecule has 1 amide bonds. The van der Waals surface area contributed by atoms with E-state index in [0.717, 1.165) is 49.6 Å². The quantitative estimate of drug-likeness (QED) is 0.724. The van der Waals surface area contributed by atoms with Gasteiger partial charge in [0.2, 0.25) is 0 Å². The Bertz CT molecular complexity index is 974. The molecule has 1 unspecified atom stereocenters. The van der Waals surface area contributed by atoms with Crippen LogP contribution in [0, 0.1) is 0 Å². The molecule has 1 saturated carbocycles. The minimum Gasteiger partial charge on any atom is -0.488 e. The highest BCUT2D eigenvalue weighted by atomic mass is 32.2. The average molecular weight is 471 g/mol. The zero-order valence-corrected chi connectivity index (χ0v) is 17.6. The topological polar surface area (TPSA) is 106 Å². The minimum atomic E-state index is -5.08. The second-order valence-electron chi connectivity index (χ2n) is 7.98. The van der Waals surface area contributed by atoms with Crippen LogP contribution in [0.3, 0.4) is 0 Å². The third kappa shape index (κ3) is 5.17. The summed E-state index contributed by atoms with van der Waals surface area (Å²) in [5.74, 6) is 0.331. The first-order valence-corrected chi connectivity index (χ1v) is 10.9. The van der Waals surface area contributed by atoms with E-state index in [9.17, 15) is 18.0 Å². The Hall–Kier alpha value is -2.76. The molecule has 2 aromatic heterocycles. The van der Waals surface area contributed by atoms with Crippen LogP contribution in [0.1, 0.15) is 41.4 Å². The van der Waals surface area contributed by atoms with Crippen molar-refractivity contribution in [2.75, 3.05) is 18.8 Å². The van der Waals surface area contributed by atoms with E-state index in [1.54, 1.807) is 12.4 Å². The standard InChI is InChI=1S/C18H19N3O3S.C2HF3O2/c22-17(15-6-16(24-20-15)12-3-4-12)21-10-18(11-21)7-14(9-25-18)23-13-2-1-5-19-8-13;3-2(4,5)1(6)7/h1-2,5-6,8,12,14H,3-4,7,9-11H2;(H,6,7). The Kier molecular flexibility index (Phi) is 6.06. The molecule has 1 atom stereocenters. The highest BCUT2D eigenvalue weighted by Gasteiger charge is 2.51. The van der Waals surface area contributed by atoms with Crippen molar-refractivity contribution in [2.24, 2.45) is 0 Å². The number of halogens is 3. The van der Waals surface area contributed by atoms with Crippen LogP contribution in [-0.4, -0.2) is 67.9 Å². The van der Waals surface area contributed by atoms with Crippen molar-refractivity contribution in [1.82, 2.24) is 15.0 Å². The molecule has 172 valence electrons. The number of thioether (sulfide) groups is 1. The van der Waals surface area contributed by atoms with Crippen molar-refractivity contribution in [3.8, 4) is 5.75 Å². The van der Waals surface area contributed by atoms with Crippen LogP contribution in [0.4, 0.5) is 13.2 Å². The van der Waals surface area contributed by atoms with E-state index >= 15 is 0 Å². The predicted molar refractivity (Wildman–Crippen MR) is 107 cm³/mol. The normalized spacial score (nSPS) is 21.5. The van der Waals surface area contributed by atoms with Crippen molar-refractivity contribution in [1.29, 1.82) is 0 Å². The second kappa shape index (κ2) is 8.64. The van der Waals surface area contributed by atoms with Crippen LogP contribution in [-0.2, 0) is 4.79 Å². The summed E-state index contributed by atoms with van der Waals surface area (Å²) in [6.45, 7) is 1.52. The number of likely N-dealkylation sites (tertiary alicyclic amines) is 1. The van der Waals surface area contributed by atoms with E-state index in [1.165, 1.54) is 0 Å². The molecule has 0 radical (unpaired) electrons. The number of carboxylic acid groups (broad SMARTS) is 1. The third-order valence-electron chi connectivity index (χ3n) is 5.33. The molecule has 5 rings (SSSR count). The van der Waals surface area contributed by atoms with Gasteiger partial charge in [-0.05, 0) is 25.0 Å². The molecular formula is C20H20F3N3O5S. The second-order valence-corrected chi connectivity index (χ2v) is 9.47. The smallest absolute Gasteiger partial charge is 0.488 e. The van der Waals surface area contributed by atoms with Gasteiger partial charge in [-0.15, -0.1) is 11.8 Å². The SMILES string of the molecule is O=C(O)C(F)(F)F.O=C(c1cc(C2CC2)on1)N1CC2(CC(Oc3cccnc3)CS2)C1. The number of carbonyl (C=O) groups excluding carboxylic acids is 1. The maximum Gasteiger partial charge on any atom is 0.490 e. The van der Waals surface area contributed by atoms with Crippen molar-refractivity contribution in [3.63, 3.8) is 0 Å². The number of aliphatic carboxylic acids is 1. The molecule has 12 heteroatoms. The summed E-state index contributed by atoms with van der Waals surface area (Å²) in [6, 6.07) is 5.63. The lowest BCUT2D eigenvalue weighted by molar-refractivity contribution is -0.192. The van der Waals surface area contributed by atoms with Gasteiger partial charge >= 0.3 is 12.1 Å². The number of hydrogen-bond donors (Lipinski definition) is 1. The van der Waals surface area contributed by atoms with Gasteiger partial charge < -0.3 is 19.3 Å². The molecule has 32 heavy (non-hydrogen) atoms. The van der Waals surface area contributed by atoms with E-state index in [4.69, 9.17) is 19.2 Å². The van der Waals surface area contributed by atoms with Gasteiger partial charge in [0.15, 0.2) is 5.69 Å². The Morgan fingerprint density at radius 3 is 2.62 bits per heavy atom. The average Bonchev–Trinajstić information content (AvgIpc) is 3.29. The lowest BCUT2D eigenvalue weighted by Crippen LogP contribution is -2.60. The monoisotopic (exact) mass is 471 g/mol. The highest BCUT2D eigenvalue weighted by molar-refractivity contribution is 8.01. The summed E-state index contributed by atoms with van der Waals surface area (Å²) in [5.41, 5.74) is 0.447. The first-order chi connectivity index (χ1) is 15.2. The lowest BCUT2D eigenvalue weighted by atomic mass is 9.92. The summed E-state index contributed by atoms with van der Waals surface area (Å²) in [5, 5.41) is 11.1. The summed E-state index contributed by atoms with van der Waals surface area (Å²) in [4.78, 5) is 27.4. The number of aromatic nitrogens is 2. The van der Waals surface area contributed by atoms with E-state index in [1.807, 2.05) is 34.9 Å². The van der Waals surface area contributed by atoms with Crippen LogP contribution in [0.25, 0.3) is 0 Å². The molecule has 1 spiro atoms. The molecule has 1 N–H and O–H groups in total. The van der Waals surface area contributed by atoms with Gasteiger partial charge in [-0.25, -0.2) is 4.79 Å². The Morgan fingerprint density at radius 2 is 2.03 bits per heavy atom. The highest BCUT2D eigenvalue weighted by Crippen LogP contribution is 2.46. The van der Waals surface area contributed by atoms with Crippen molar-refractivity contribution >= 4 is 23.6 Å². The first-order valence-electron chi connectivity index (χ1n) is 9.92. The number of pyridine rings is 1. The Morgan fingerprint density at radius 1 is 1.31 bits per heavy atom. The van der Waals surface area contributed by atoms with Crippen LogP contribution >= 0.6 is 11.8 Å². The maximum absolute atomic E-state index is 12.6. The Labute approximate surface area is 185 Å². The zero-order valence-electron chi connectivity index (χ0n) is 16.7. The summed E-state index contributed by atoms with van der Waals surface area (Å²) in [7, 11) is 0. The van der Waals surface area contributed by atoms with Gasteiger partial charge in [-0.2, -0.15) is 13.2 Å². The van der Waals surface area contributed by atoms with Gasteiger partial charge in [-0.1, -0.05) is 5.16 Å². The van der Waals surface area contributed by atoms with Gasteiger partial charge in [0.1, 0.15) is 17.6 Å². The van der Waals surface area contributed by atoms with E-state index in [0.29, 0.717) is 11.6 Å². The molecule has 0 aromatic carbocycles. The molecule has 8 nitrogen and oxygen atoms in total. The molecule has 1 aliphatic carbocycles. The lowest BCUT2D eigenvalue weighted by Gasteiger charge is -2.47. The molecule has 2 saturated heterocycles. The summed E-state index contributed by atoms with van der Waals surface area (Å²) < 4.78 is 43.2. The molecular weight excluding hydrogens is 451 g/mol. The van der Waals surface area contributed by atoms with Crippen LogP contribution in [0.5, 0.6) is 5.75 Å². The first kappa shape index (κ1) is 22.4. The fourth-order valence-corrected chi connectivity index (χ4v) is 5.14. The molecule has 3 fully saturated rings. The third-order valence-corrected chi connectivity index (χ3v) is 6.90. The Balaban J connectivity index is 0.000000307. The summed E-state index contributed by atoms with van der Waals surface area (Å²) >= 11 is 1.91. The number of rotatable bonds is 4. The number of nitrogens with zero attached hydrogens (tertiary/aromatic N) is 3. The molecule has 3 aliphatic rings. The van der Waals surface area contributed by atoms with Crippen LogP contribution in [0.2, 0.25) is 0 Å².